The highest BCUT2D eigenvalue weighted by Gasteiger charge is 2.34. The molecule has 0 aliphatic carbocycles. The van der Waals surface area contributed by atoms with E-state index in [1.54, 1.807) is 36.4 Å². The summed E-state index contributed by atoms with van der Waals surface area (Å²) in [5, 5.41) is 1.54. The number of halogens is 1. The average molecular weight is 357 g/mol. The molecule has 0 atom stereocenters. The van der Waals surface area contributed by atoms with Crippen LogP contribution in [0.2, 0.25) is 5.02 Å². The number of anilines is 1. The number of rotatable bonds is 3. The number of carbonyl (C=O) groups is 3. The van der Waals surface area contributed by atoms with Crippen LogP contribution in [0.1, 0.15) is 12.5 Å². The van der Waals surface area contributed by atoms with Gasteiger partial charge >= 0.3 is 5.97 Å². The third-order valence-corrected chi connectivity index (χ3v) is 3.67. The number of ether oxygens (including phenoxy) is 1. The van der Waals surface area contributed by atoms with E-state index in [1.807, 2.05) is 0 Å². The van der Waals surface area contributed by atoms with E-state index in [4.69, 9.17) is 16.3 Å². The number of para-hydroxylation sites is 1. The molecule has 1 aliphatic heterocycles. The van der Waals surface area contributed by atoms with Gasteiger partial charge in [0.05, 0.1) is 5.69 Å². The summed E-state index contributed by atoms with van der Waals surface area (Å²) in [5.41, 5.74) is 3.31. The SMILES string of the molecule is CC(=O)Oc1ccc(Cl)cc1/C=C1/C(=O)NN(c2ccccc2)C1=O. The van der Waals surface area contributed by atoms with Gasteiger partial charge in [0.25, 0.3) is 11.8 Å². The summed E-state index contributed by atoms with van der Waals surface area (Å²) in [6.07, 6.45) is 1.35. The lowest BCUT2D eigenvalue weighted by molar-refractivity contribution is -0.131. The molecule has 2 aromatic carbocycles. The molecule has 1 aliphatic rings. The van der Waals surface area contributed by atoms with Gasteiger partial charge in [-0.2, -0.15) is 0 Å². The molecule has 2 amide bonds. The zero-order valence-electron chi connectivity index (χ0n) is 13.2. The molecule has 1 heterocycles. The van der Waals surface area contributed by atoms with Gasteiger partial charge < -0.3 is 4.74 Å². The minimum absolute atomic E-state index is 0.0838. The van der Waals surface area contributed by atoms with Crippen molar-refractivity contribution in [1.82, 2.24) is 5.43 Å². The Bertz CT molecular complexity index is 893. The highest BCUT2D eigenvalue weighted by molar-refractivity contribution is 6.32. The van der Waals surface area contributed by atoms with Gasteiger partial charge in [0.1, 0.15) is 11.3 Å². The highest BCUT2D eigenvalue weighted by atomic mass is 35.5. The first kappa shape index (κ1) is 16.7. The number of nitrogens with one attached hydrogen (secondary N) is 1. The van der Waals surface area contributed by atoms with Gasteiger partial charge in [0.2, 0.25) is 0 Å². The zero-order valence-corrected chi connectivity index (χ0v) is 13.9. The minimum atomic E-state index is -0.553. The van der Waals surface area contributed by atoms with Gasteiger partial charge in [-0.3, -0.25) is 19.8 Å². The van der Waals surface area contributed by atoms with Crippen molar-refractivity contribution in [3.05, 3.63) is 64.7 Å². The number of hydrogen-bond donors (Lipinski definition) is 1. The fraction of sp³-hybridized carbons (Fsp3) is 0.0556. The van der Waals surface area contributed by atoms with Gasteiger partial charge in [0, 0.05) is 17.5 Å². The van der Waals surface area contributed by atoms with Gasteiger partial charge in [0.15, 0.2) is 0 Å². The van der Waals surface area contributed by atoms with E-state index in [2.05, 4.69) is 5.43 Å². The summed E-state index contributed by atoms with van der Waals surface area (Å²) in [5.74, 6) is -1.37. The van der Waals surface area contributed by atoms with Crippen molar-refractivity contribution in [2.45, 2.75) is 6.92 Å². The maximum Gasteiger partial charge on any atom is 0.308 e. The first-order chi connectivity index (χ1) is 12.0. The van der Waals surface area contributed by atoms with Crippen molar-refractivity contribution in [3.8, 4) is 5.75 Å². The van der Waals surface area contributed by atoms with E-state index < -0.39 is 17.8 Å². The predicted octanol–water partition coefficient (Wildman–Crippen LogP) is 2.73. The van der Waals surface area contributed by atoms with E-state index in [-0.39, 0.29) is 11.3 Å². The molecule has 6 nitrogen and oxygen atoms in total. The number of hydrazine groups is 1. The predicted molar refractivity (Wildman–Crippen MR) is 92.8 cm³/mol. The highest BCUT2D eigenvalue weighted by Crippen LogP contribution is 2.28. The third kappa shape index (κ3) is 3.54. The largest absolute Gasteiger partial charge is 0.426 e. The fourth-order valence-corrected chi connectivity index (χ4v) is 2.53. The number of benzene rings is 2. The molecule has 25 heavy (non-hydrogen) atoms. The van der Waals surface area contributed by atoms with Crippen LogP contribution in [-0.4, -0.2) is 17.8 Å². The van der Waals surface area contributed by atoms with E-state index >= 15 is 0 Å². The topological polar surface area (TPSA) is 75.7 Å². The molecule has 1 N–H and O–H groups in total. The Kier molecular flexibility index (Phi) is 4.54. The van der Waals surface area contributed by atoms with Gasteiger partial charge in [-0.15, -0.1) is 0 Å². The first-order valence-corrected chi connectivity index (χ1v) is 7.73. The molecule has 3 rings (SSSR count). The van der Waals surface area contributed by atoms with E-state index in [0.29, 0.717) is 16.3 Å². The number of carbonyl (C=O) groups excluding carboxylic acids is 3. The molecule has 0 radical (unpaired) electrons. The van der Waals surface area contributed by atoms with Gasteiger partial charge in [-0.1, -0.05) is 29.8 Å². The average Bonchev–Trinajstić information content (AvgIpc) is 2.86. The maximum absolute atomic E-state index is 12.6. The number of nitrogens with zero attached hydrogens (tertiary/aromatic N) is 1. The van der Waals surface area contributed by atoms with Crippen molar-refractivity contribution in [2.75, 3.05) is 5.01 Å². The van der Waals surface area contributed by atoms with Crippen LogP contribution in [0, 0.1) is 0 Å². The molecular formula is C18H13ClN2O4. The standard InChI is InChI=1S/C18H13ClN2O4/c1-11(22)25-16-8-7-13(19)9-12(16)10-15-17(23)20-21(18(15)24)14-5-3-2-4-6-14/h2-10H,1H3,(H,20,23)/b15-10-. The molecule has 0 aromatic heterocycles. The summed E-state index contributed by atoms with van der Waals surface area (Å²) in [4.78, 5) is 36.0. The van der Waals surface area contributed by atoms with Gasteiger partial charge in [-0.25, -0.2) is 5.01 Å². The monoisotopic (exact) mass is 356 g/mol. The van der Waals surface area contributed by atoms with Crippen LogP contribution >= 0.6 is 11.6 Å². The Labute approximate surface area is 148 Å². The quantitative estimate of drug-likeness (QED) is 0.397. The van der Waals surface area contributed by atoms with Gasteiger partial charge in [-0.05, 0) is 36.4 Å². The van der Waals surface area contributed by atoms with E-state index in [0.717, 1.165) is 5.01 Å². The van der Waals surface area contributed by atoms with Crippen molar-refractivity contribution in [2.24, 2.45) is 0 Å². The van der Waals surface area contributed by atoms with Crippen LogP contribution in [-0.2, 0) is 14.4 Å². The Morgan fingerprint density at radius 1 is 1.16 bits per heavy atom. The summed E-state index contributed by atoms with van der Waals surface area (Å²) in [7, 11) is 0. The number of esters is 1. The fourth-order valence-electron chi connectivity index (χ4n) is 2.35. The van der Waals surface area contributed by atoms with E-state index in [9.17, 15) is 14.4 Å². The summed E-state index contributed by atoms with van der Waals surface area (Å²) in [6, 6.07) is 13.3. The number of amides is 2. The summed E-state index contributed by atoms with van der Waals surface area (Å²) >= 11 is 5.97. The second-order valence-electron chi connectivity index (χ2n) is 5.25. The summed E-state index contributed by atoms with van der Waals surface area (Å²) < 4.78 is 5.09. The minimum Gasteiger partial charge on any atom is -0.426 e. The van der Waals surface area contributed by atoms with Crippen molar-refractivity contribution in [3.63, 3.8) is 0 Å². The second kappa shape index (κ2) is 6.78. The maximum atomic E-state index is 12.6. The Hall–Kier alpha value is -3.12. The lowest BCUT2D eigenvalue weighted by Crippen LogP contribution is -2.35. The van der Waals surface area contributed by atoms with Crippen LogP contribution in [0.15, 0.2) is 54.1 Å². The van der Waals surface area contributed by atoms with Crippen LogP contribution in [0.25, 0.3) is 6.08 Å². The third-order valence-electron chi connectivity index (χ3n) is 3.43. The molecule has 126 valence electrons. The lowest BCUT2D eigenvalue weighted by Gasteiger charge is -2.13. The Morgan fingerprint density at radius 2 is 1.88 bits per heavy atom. The molecule has 2 aromatic rings. The normalized spacial score (nSPS) is 15.4. The molecule has 0 saturated carbocycles. The summed E-state index contributed by atoms with van der Waals surface area (Å²) in [6.45, 7) is 1.26. The molecule has 0 spiro atoms. The first-order valence-electron chi connectivity index (χ1n) is 7.36. The van der Waals surface area contributed by atoms with Crippen molar-refractivity contribution in [1.29, 1.82) is 0 Å². The van der Waals surface area contributed by atoms with Crippen LogP contribution in [0.5, 0.6) is 5.75 Å². The molecule has 1 fully saturated rings. The van der Waals surface area contributed by atoms with Crippen LogP contribution < -0.4 is 15.2 Å². The second-order valence-corrected chi connectivity index (χ2v) is 5.69. The molecular weight excluding hydrogens is 344 g/mol. The Morgan fingerprint density at radius 3 is 2.56 bits per heavy atom. The van der Waals surface area contributed by atoms with Crippen molar-refractivity contribution >= 4 is 41.1 Å². The van der Waals surface area contributed by atoms with Crippen molar-refractivity contribution < 1.29 is 19.1 Å². The molecule has 0 bridgehead atoms. The zero-order chi connectivity index (χ0) is 18.0. The van der Waals surface area contributed by atoms with Crippen LogP contribution in [0.3, 0.4) is 0 Å². The van der Waals surface area contributed by atoms with E-state index in [1.165, 1.54) is 25.1 Å². The van der Waals surface area contributed by atoms with Crippen LogP contribution in [0.4, 0.5) is 5.69 Å². The molecule has 0 unspecified atom stereocenters. The molecule has 7 heteroatoms. The number of hydrogen-bond acceptors (Lipinski definition) is 4. The lowest BCUT2D eigenvalue weighted by atomic mass is 10.1. The smallest absolute Gasteiger partial charge is 0.308 e. The Balaban J connectivity index is 1.99. The molecule has 1 saturated heterocycles.